The zero-order chi connectivity index (χ0) is 24.0. The number of nitrogens with zero attached hydrogens (tertiary/aromatic N) is 2. The minimum absolute atomic E-state index is 0.0604. The molecule has 0 spiro atoms. The summed E-state index contributed by atoms with van der Waals surface area (Å²) in [5, 5.41) is 5.95. The van der Waals surface area contributed by atoms with Gasteiger partial charge in [0.1, 0.15) is 5.82 Å². The minimum Gasteiger partial charge on any atom is -0.454 e. The number of hydrogen-bond acceptors (Lipinski definition) is 5. The van der Waals surface area contributed by atoms with Gasteiger partial charge in [0.2, 0.25) is 6.79 Å². The second-order valence-corrected chi connectivity index (χ2v) is 8.65. The number of carbonyl (C=O) groups is 1. The van der Waals surface area contributed by atoms with Gasteiger partial charge in [-0.05, 0) is 35.4 Å². The van der Waals surface area contributed by atoms with Crippen LogP contribution in [-0.2, 0) is 6.54 Å². The number of amides is 2. The molecule has 2 amide bonds. The summed E-state index contributed by atoms with van der Waals surface area (Å²) in [7, 11) is 0. The highest BCUT2D eigenvalue weighted by molar-refractivity contribution is 5.73. The molecule has 8 heteroatoms. The summed E-state index contributed by atoms with van der Waals surface area (Å²) in [6, 6.07) is 22.3. The Hall–Kier alpha value is -3.78. The topological polar surface area (TPSA) is 66.1 Å². The van der Waals surface area contributed by atoms with E-state index in [1.807, 2.05) is 60.7 Å². The summed E-state index contributed by atoms with van der Waals surface area (Å²) in [5.41, 5.74) is 2.71. The molecule has 1 saturated heterocycles. The van der Waals surface area contributed by atoms with Crippen molar-refractivity contribution in [3.05, 3.63) is 89.7 Å². The molecule has 1 fully saturated rings. The minimum atomic E-state index is -0.218. The first-order valence-electron chi connectivity index (χ1n) is 11.9. The first-order chi connectivity index (χ1) is 17.2. The highest BCUT2D eigenvalue weighted by atomic mass is 19.1. The number of benzene rings is 3. The quantitative estimate of drug-likeness (QED) is 0.541. The molecule has 0 saturated carbocycles. The first-order valence-corrected chi connectivity index (χ1v) is 11.9. The molecule has 2 aliphatic rings. The van der Waals surface area contributed by atoms with Crippen LogP contribution in [0.1, 0.15) is 17.2 Å². The van der Waals surface area contributed by atoms with Crippen molar-refractivity contribution in [1.29, 1.82) is 0 Å². The van der Waals surface area contributed by atoms with Gasteiger partial charge >= 0.3 is 6.03 Å². The van der Waals surface area contributed by atoms with Crippen molar-refractivity contribution in [2.75, 3.05) is 44.4 Å². The van der Waals surface area contributed by atoms with Crippen LogP contribution >= 0.6 is 0 Å². The van der Waals surface area contributed by atoms with Crippen LogP contribution in [0.3, 0.4) is 0 Å². The number of carbonyl (C=O) groups excluding carboxylic acids is 1. The number of rotatable bonds is 7. The van der Waals surface area contributed by atoms with Gasteiger partial charge in [-0.25, -0.2) is 9.18 Å². The molecule has 0 aromatic heterocycles. The van der Waals surface area contributed by atoms with E-state index in [2.05, 4.69) is 20.4 Å². The van der Waals surface area contributed by atoms with Crippen molar-refractivity contribution in [2.24, 2.45) is 0 Å². The molecular weight excluding hydrogens is 447 g/mol. The fourth-order valence-electron chi connectivity index (χ4n) is 4.59. The van der Waals surface area contributed by atoms with Crippen LogP contribution in [-0.4, -0.2) is 50.4 Å². The lowest BCUT2D eigenvalue weighted by Gasteiger charge is -2.40. The number of piperazine rings is 1. The number of hydrogen-bond donors (Lipinski definition) is 2. The lowest BCUT2D eigenvalue weighted by atomic mass is 10.0. The second-order valence-electron chi connectivity index (χ2n) is 8.65. The Bertz CT molecular complexity index is 1150. The predicted octanol–water partition coefficient (Wildman–Crippen LogP) is 3.92. The predicted molar refractivity (Wildman–Crippen MR) is 132 cm³/mol. The Kier molecular flexibility index (Phi) is 6.99. The zero-order valence-corrected chi connectivity index (χ0v) is 19.5. The number of para-hydroxylation sites is 1. The Morgan fingerprint density at radius 1 is 0.886 bits per heavy atom. The van der Waals surface area contributed by atoms with E-state index in [1.165, 1.54) is 6.07 Å². The smallest absolute Gasteiger partial charge is 0.315 e. The molecule has 7 nitrogen and oxygen atoms in total. The molecule has 2 aliphatic heterocycles. The fraction of sp³-hybridized carbons (Fsp3) is 0.296. The molecule has 3 aromatic rings. The lowest BCUT2D eigenvalue weighted by Crippen LogP contribution is -2.50. The van der Waals surface area contributed by atoms with Gasteiger partial charge < -0.3 is 25.0 Å². The number of ether oxygens (including phenoxy) is 2. The van der Waals surface area contributed by atoms with Crippen LogP contribution in [0.25, 0.3) is 0 Å². The number of anilines is 1. The van der Waals surface area contributed by atoms with Gasteiger partial charge in [-0.1, -0.05) is 48.5 Å². The van der Waals surface area contributed by atoms with Crippen LogP contribution in [0.15, 0.2) is 72.8 Å². The Labute approximate surface area is 204 Å². The summed E-state index contributed by atoms with van der Waals surface area (Å²) < 4.78 is 25.3. The molecule has 35 heavy (non-hydrogen) atoms. The standard InChI is InChI=1S/C27H29FN4O3/c28-22-8-4-5-9-23(22)31-12-14-32(15-13-31)24(21-10-11-25-26(16-21)35-19-34-25)18-30-27(33)29-17-20-6-2-1-3-7-20/h1-11,16,24H,12-15,17-19H2,(H2,29,30,33). The van der Waals surface area contributed by atoms with Gasteiger partial charge in [-0.2, -0.15) is 0 Å². The van der Waals surface area contributed by atoms with Gasteiger partial charge in [0.25, 0.3) is 0 Å². The molecule has 2 N–H and O–H groups in total. The van der Waals surface area contributed by atoms with Gasteiger partial charge in [0, 0.05) is 39.3 Å². The Morgan fingerprint density at radius 2 is 1.63 bits per heavy atom. The number of fused-ring (bicyclic) bond motifs is 1. The average Bonchev–Trinajstić information content (AvgIpc) is 3.37. The van der Waals surface area contributed by atoms with E-state index >= 15 is 0 Å². The van der Waals surface area contributed by atoms with Crippen LogP contribution in [0.5, 0.6) is 11.5 Å². The summed E-state index contributed by atoms with van der Waals surface area (Å²) in [5.74, 6) is 1.24. The number of halogens is 1. The van der Waals surface area contributed by atoms with Crippen molar-refractivity contribution in [3.8, 4) is 11.5 Å². The maximum absolute atomic E-state index is 14.3. The van der Waals surface area contributed by atoms with Crippen LogP contribution in [0, 0.1) is 5.82 Å². The van der Waals surface area contributed by atoms with Crippen molar-refractivity contribution in [2.45, 2.75) is 12.6 Å². The first kappa shape index (κ1) is 23.0. The second kappa shape index (κ2) is 10.7. The van der Waals surface area contributed by atoms with E-state index in [1.54, 1.807) is 6.07 Å². The highest BCUT2D eigenvalue weighted by Gasteiger charge is 2.28. The van der Waals surface area contributed by atoms with Crippen molar-refractivity contribution >= 4 is 11.7 Å². The molecule has 5 rings (SSSR count). The van der Waals surface area contributed by atoms with Crippen molar-refractivity contribution < 1.29 is 18.7 Å². The Morgan fingerprint density at radius 3 is 2.43 bits per heavy atom. The highest BCUT2D eigenvalue weighted by Crippen LogP contribution is 2.36. The third kappa shape index (κ3) is 5.49. The summed E-state index contributed by atoms with van der Waals surface area (Å²) in [6.07, 6.45) is 0. The van der Waals surface area contributed by atoms with E-state index in [9.17, 15) is 9.18 Å². The molecule has 3 aromatic carbocycles. The zero-order valence-electron chi connectivity index (χ0n) is 19.5. The fourth-order valence-corrected chi connectivity index (χ4v) is 4.59. The lowest BCUT2D eigenvalue weighted by molar-refractivity contribution is 0.172. The molecule has 0 bridgehead atoms. The van der Waals surface area contributed by atoms with E-state index < -0.39 is 0 Å². The van der Waals surface area contributed by atoms with Gasteiger partial charge in [-0.3, -0.25) is 4.90 Å². The summed E-state index contributed by atoms with van der Waals surface area (Å²) in [6.45, 7) is 3.97. The number of urea groups is 1. The molecule has 0 radical (unpaired) electrons. The normalized spacial score (nSPS) is 16.1. The van der Waals surface area contributed by atoms with Gasteiger partial charge in [-0.15, -0.1) is 0 Å². The van der Waals surface area contributed by atoms with Crippen molar-refractivity contribution in [1.82, 2.24) is 15.5 Å². The van der Waals surface area contributed by atoms with E-state index in [0.29, 0.717) is 37.6 Å². The largest absolute Gasteiger partial charge is 0.454 e. The Balaban J connectivity index is 1.26. The van der Waals surface area contributed by atoms with Crippen molar-refractivity contribution in [3.63, 3.8) is 0 Å². The SMILES string of the molecule is O=C(NCc1ccccc1)NCC(c1ccc2c(c1)OCO2)N1CCN(c2ccccc2F)CC1. The molecule has 1 unspecified atom stereocenters. The monoisotopic (exact) mass is 476 g/mol. The van der Waals surface area contributed by atoms with Crippen LogP contribution < -0.4 is 25.0 Å². The van der Waals surface area contributed by atoms with Crippen LogP contribution in [0.2, 0.25) is 0 Å². The van der Waals surface area contributed by atoms with Crippen LogP contribution in [0.4, 0.5) is 14.9 Å². The average molecular weight is 477 g/mol. The third-order valence-corrected chi connectivity index (χ3v) is 6.48. The number of nitrogens with one attached hydrogen (secondary N) is 2. The molecule has 182 valence electrons. The maximum Gasteiger partial charge on any atom is 0.315 e. The summed E-state index contributed by atoms with van der Waals surface area (Å²) in [4.78, 5) is 17.0. The van der Waals surface area contributed by atoms with E-state index in [4.69, 9.17) is 9.47 Å². The molecule has 1 atom stereocenters. The molecule has 2 heterocycles. The van der Waals surface area contributed by atoms with Gasteiger partial charge in [0.15, 0.2) is 11.5 Å². The van der Waals surface area contributed by atoms with E-state index in [0.717, 1.165) is 30.0 Å². The maximum atomic E-state index is 14.3. The molecular formula is C27H29FN4O3. The summed E-state index contributed by atoms with van der Waals surface area (Å²) >= 11 is 0. The third-order valence-electron chi connectivity index (χ3n) is 6.48. The van der Waals surface area contributed by atoms with E-state index in [-0.39, 0.29) is 24.7 Å². The van der Waals surface area contributed by atoms with Gasteiger partial charge in [0.05, 0.1) is 11.7 Å². The molecule has 0 aliphatic carbocycles.